The Hall–Kier alpha value is -1.26. The molecule has 11 heavy (non-hydrogen) atoms. The van der Waals surface area contributed by atoms with Gasteiger partial charge in [0.2, 0.25) is 0 Å². The molecule has 1 rings (SSSR count). The molecule has 0 aromatic carbocycles. The Kier molecular flexibility index (Phi) is 2.71. The van der Waals surface area contributed by atoms with Gasteiger partial charge in [-0.25, -0.2) is 0 Å². The van der Waals surface area contributed by atoms with E-state index >= 15 is 0 Å². The predicted molar refractivity (Wildman–Crippen MR) is 40.3 cm³/mol. The van der Waals surface area contributed by atoms with E-state index in [1.54, 1.807) is 0 Å². The lowest BCUT2D eigenvalue weighted by Crippen LogP contribution is -2.24. The van der Waals surface area contributed by atoms with Crippen molar-refractivity contribution in [1.82, 2.24) is 10.6 Å². The average molecular weight is 157 g/mol. The molecule has 1 aliphatic rings. The molecule has 62 valence electrons. The molecule has 0 amide bonds. The van der Waals surface area contributed by atoms with Crippen LogP contribution < -0.4 is 10.6 Å². The summed E-state index contributed by atoms with van der Waals surface area (Å²) >= 11 is 0. The lowest BCUT2D eigenvalue weighted by molar-refractivity contribution is -0.404. The Bertz CT molecular complexity index is 169. The second-order valence-electron chi connectivity index (χ2n) is 2.39. The van der Waals surface area contributed by atoms with Crippen LogP contribution in [0.2, 0.25) is 0 Å². The monoisotopic (exact) mass is 157 g/mol. The van der Waals surface area contributed by atoms with Gasteiger partial charge in [0.05, 0.1) is 4.92 Å². The lowest BCUT2D eigenvalue weighted by atomic mass is 10.3. The molecule has 1 aliphatic heterocycles. The van der Waals surface area contributed by atoms with Gasteiger partial charge in [0.1, 0.15) is 0 Å². The second kappa shape index (κ2) is 3.80. The van der Waals surface area contributed by atoms with Crippen LogP contribution in [-0.2, 0) is 0 Å². The third kappa shape index (κ3) is 2.88. The molecule has 2 N–H and O–H groups in total. The summed E-state index contributed by atoms with van der Waals surface area (Å²) in [6, 6.07) is 0. The second-order valence-corrected chi connectivity index (χ2v) is 2.39. The van der Waals surface area contributed by atoms with Gasteiger partial charge < -0.3 is 10.6 Å². The van der Waals surface area contributed by atoms with Crippen molar-refractivity contribution in [3.63, 3.8) is 0 Å². The van der Waals surface area contributed by atoms with Gasteiger partial charge in [-0.15, -0.1) is 0 Å². The zero-order valence-corrected chi connectivity index (χ0v) is 6.17. The van der Waals surface area contributed by atoms with Crippen molar-refractivity contribution in [3.05, 3.63) is 22.1 Å². The maximum Gasteiger partial charge on any atom is 0.274 e. The van der Waals surface area contributed by atoms with Crippen LogP contribution in [0.15, 0.2) is 12.0 Å². The van der Waals surface area contributed by atoms with Crippen molar-refractivity contribution < 1.29 is 4.92 Å². The van der Waals surface area contributed by atoms with E-state index < -0.39 is 4.92 Å². The summed E-state index contributed by atoms with van der Waals surface area (Å²) in [4.78, 5) is 9.57. The van der Waals surface area contributed by atoms with Crippen molar-refractivity contribution >= 4 is 0 Å². The molecule has 1 heterocycles. The van der Waals surface area contributed by atoms with E-state index in [0.717, 1.165) is 32.1 Å². The number of nitrogens with zero attached hydrogens (tertiary/aromatic N) is 1. The van der Waals surface area contributed by atoms with Gasteiger partial charge in [-0.3, -0.25) is 10.1 Å². The minimum Gasteiger partial charge on any atom is -0.367 e. The summed E-state index contributed by atoms with van der Waals surface area (Å²) in [5.74, 6) is 0.521. The van der Waals surface area contributed by atoms with E-state index in [4.69, 9.17) is 0 Å². The van der Waals surface area contributed by atoms with E-state index in [0.29, 0.717) is 5.82 Å². The highest BCUT2D eigenvalue weighted by atomic mass is 16.6. The fourth-order valence-electron chi connectivity index (χ4n) is 0.955. The van der Waals surface area contributed by atoms with E-state index in [-0.39, 0.29) is 0 Å². The van der Waals surface area contributed by atoms with Crippen molar-refractivity contribution in [1.29, 1.82) is 0 Å². The summed E-state index contributed by atoms with van der Waals surface area (Å²) < 4.78 is 0. The lowest BCUT2D eigenvalue weighted by Gasteiger charge is -2.03. The molecule has 0 saturated carbocycles. The number of hydrogen-bond donors (Lipinski definition) is 2. The third-order valence-electron chi connectivity index (χ3n) is 1.47. The highest BCUT2D eigenvalue weighted by Crippen LogP contribution is 1.94. The molecule has 0 unspecified atom stereocenters. The van der Waals surface area contributed by atoms with E-state index in [9.17, 15) is 10.1 Å². The van der Waals surface area contributed by atoms with Gasteiger partial charge in [-0.1, -0.05) is 0 Å². The van der Waals surface area contributed by atoms with Gasteiger partial charge in [0, 0.05) is 13.1 Å². The summed E-state index contributed by atoms with van der Waals surface area (Å²) in [5.41, 5.74) is 0. The zero-order chi connectivity index (χ0) is 8.10. The largest absolute Gasteiger partial charge is 0.367 e. The smallest absolute Gasteiger partial charge is 0.274 e. The molecule has 0 aliphatic carbocycles. The number of hydrogen-bond acceptors (Lipinski definition) is 4. The molecule has 0 radical (unpaired) electrons. The summed E-state index contributed by atoms with van der Waals surface area (Å²) in [5, 5.41) is 15.9. The fraction of sp³-hybridized carbons (Fsp3) is 0.667. The third-order valence-corrected chi connectivity index (χ3v) is 1.47. The van der Waals surface area contributed by atoms with Crippen molar-refractivity contribution in [2.45, 2.75) is 12.8 Å². The topological polar surface area (TPSA) is 67.2 Å². The van der Waals surface area contributed by atoms with Crippen LogP contribution in [0.1, 0.15) is 12.8 Å². The molecule has 1 saturated heterocycles. The van der Waals surface area contributed by atoms with Crippen LogP contribution in [0, 0.1) is 10.1 Å². The number of rotatable bonds is 1. The quantitative estimate of drug-likeness (QED) is 0.416. The predicted octanol–water partition coefficient (Wildman–Crippen LogP) is 0.0350. The molecular weight excluding hydrogens is 146 g/mol. The number of nitro groups is 1. The van der Waals surface area contributed by atoms with Crippen LogP contribution in [0.5, 0.6) is 0 Å². The summed E-state index contributed by atoms with van der Waals surface area (Å²) in [7, 11) is 0. The molecule has 0 atom stereocenters. The first kappa shape index (κ1) is 7.84. The van der Waals surface area contributed by atoms with Crippen LogP contribution in [-0.4, -0.2) is 18.0 Å². The first-order chi connectivity index (χ1) is 5.29. The minimum atomic E-state index is -0.458. The average Bonchev–Trinajstić information content (AvgIpc) is 2.14. The summed E-state index contributed by atoms with van der Waals surface area (Å²) in [6.07, 6.45) is 3.08. The molecule has 1 fully saturated rings. The number of nitrogens with one attached hydrogen (secondary N) is 2. The van der Waals surface area contributed by atoms with Gasteiger partial charge in [-0.2, -0.15) is 0 Å². The molecule has 0 spiro atoms. The normalized spacial score (nSPS) is 17.6. The minimum absolute atomic E-state index is 0.458. The molecule has 0 aromatic heterocycles. The van der Waals surface area contributed by atoms with Crippen molar-refractivity contribution in [2.75, 3.05) is 13.1 Å². The first-order valence-electron chi connectivity index (χ1n) is 3.62. The van der Waals surface area contributed by atoms with Gasteiger partial charge in [0.15, 0.2) is 5.82 Å². The standard InChI is InChI=1S/C6H11N3O2/c10-9(11)5-6-7-3-1-2-4-8-6/h5,7-8H,1-4H2. The van der Waals surface area contributed by atoms with Crippen LogP contribution in [0.25, 0.3) is 0 Å². The molecular formula is C6H11N3O2. The van der Waals surface area contributed by atoms with Gasteiger partial charge in [-0.05, 0) is 12.8 Å². The maximum absolute atomic E-state index is 10.0. The van der Waals surface area contributed by atoms with Crippen LogP contribution in [0.3, 0.4) is 0 Å². The Morgan fingerprint density at radius 2 is 1.91 bits per heavy atom. The first-order valence-corrected chi connectivity index (χ1v) is 3.62. The zero-order valence-electron chi connectivity index (χ0n) is 6.17. The van der Waals surface area contributed by atoms with Crippen LogP contribution >= 0.6 is 0 Å². The fourth-order valence-corrected chi connectivity index (χ4v) is 0.955. The van der Waals surface area contributed by atoms with Gasteiger partial charge >= 0.3 is 0 Å². The summed E-state index contributed by atoms with van der Waals surface area (Å²) in [6.45, 7) is 1.62. The molecule has 5 heteroatoms. The Morgan fingerprint density at radius 1 is 1.36 bits per heavy atom. The Labute approximate surface area is 64.6 Å². The van der Waals surface area contributed by atoms with Gasteiger partial charge in [0.25, 0.3) is 6.20 Å². The van der Waals surface area contributed by atoms with Crippen molar-refractivity contribution in [2.24, 2.45) is 0 Å². The Morgan fingerprint density at radius 3 is 2.36 bits per heavy atom. The molecule has 0 bridgehead atoms. The van der Waals surface area contributed by atoms with E-state index in [1.165, 1.54) is 0 Å². The van der Waals surface area contributed by atoms with E-state index in [1.807, 2.05) is 0 Å². The van der Waals surface area contributed by atoms with E-state index in [2.05, 4.69) is 10.6 Å². The highest BCUT2D eigenvalue weighted by molar-refractivity contribution is 4.93. The maximum atomic E-state index is 10.0. The molecule has 0 aromatic rings. The SMILES string of the molecule is O=[N+]([O-])C=C1NCCCCN1. The van der Waals surface area contributed by atoms with Crippen molar-refractivity contribution in [3.8, 4) is 0 Å². The molecule has 5 nitrogen and oxygen atoms in total. The highest BCUT2D eigenvalue weighted by Gasteiger charge is 2.04. The Balaban J connectivity index is 2.48. The van der Waals surface area contributed by atoms with Crippen LogP contribution in [0.4, 0.5) is 0 Å².